The van der Waals surface area contributed by atoms with Crippen LogP contribution in [0.2, 0.25) is 0 Å². The smallest absolute Gasteiger partial charge is 0.123 e. The van der Waals surface area contributed by atoms with Crippen molar-refractivity contribution in [2.45, 2.75) is 38.9 Å². The number of nitrogens with one attached hydrogen (secondary N) is 1. The molecule has 0 atom stereocenters. The van der Waals surface area contributed by atoms with Crippen molar-refractivity contribution in [2.24, 2.45) is 0 Å². The van der Waals surface area contributed by atoms with Gasteiger partial charge in [-0.25, -0.2) is 0 Å². The van der Waals surface area contributed by atoms with E-state index in [4.69, 9.17) is 4.42 Å². The third-order valence-corrected chi connectivity index (χ3v) is 3.66. The van der Waals surface area contributed by atoms with Crippen LogP contribution in [-0.4, -0.2) is 17.6 Å². The maximum Gasteiger partial charge on any atom is 0.123 e. The predicted octanol–water partition coefficient (Wildman–Crippen LogP) is 2.95. The largest absolute Gasteiger partial charge is 0.467 e. The van der Waals surface area contributed by atoms with Crippen molar-refractivity contribution in [1.82, 2.24) is 10.3 Å². The number of pyridine rings is 1. The molecule has 0 aliphatic heterocycles. The van der Waals surface area contributed by atoms with E-state index in [-0.39, 0.29) is 0 Å². The monoisotopic (exact) mass is 271 g/mol. The Hall–Kier alpha value is -1.81. The second-order valence-electron chi connectivity index (χ2n) is 5.22. The van der Waals surface area contributed by atoms with Crippen LogP contribution in [0.25, 0.3) is 0 Å². The highest BCUT2D eigenvalue weighted by molar-refractivity contribution is 5.53. The molecule has 2 aromatic heterocycles. The molecule has 2 aromatic rings. The summed E-state index contributed by atoms with van der Waals surface area (Å²) in [5, 5.41) is 3.40. The van der Waals surface area contributed by atoms with E-state index < -0.39 is 0 Å². The Balaban J connectivity index is 1.83. The lowest BCUT2D eigenvalue weighted by molar-refractivity contribution is 0.500. The summed E-state index contributed by atoms with van der Waals surface area (Å²) in [6.45, 7) is 4.81. The fourth-order valence-electron chi connectivity index (χ4n) is 2.45. The van der Waals surface area contributed by atoms with Crippen molar-refractivity contribution >= 4 is 5.69 Å². The number of nitrogens with zero attached hydrogens (tertiary/aromatic N) is 2. The van der Waals surface area contributed by atoms with E-state index in [1.807, 2.05) is 24.5 Å². The van der Waals surface area contributed by atoms with Gasteiger partial charge >= 0.3 is 0 Å². The molecule has 0 saturated heterocycles. The lowest BCUT2D eigenvalue weighted by Crippen LogP contribution is -2.27. The van der Waals surface area contributed by atoms with E-state index in [0.29, 0.717) is 6.04 Å². The average Bonchev–Trinajstić information content (AvgIpc) is 3.20. The highest BCUT2D eigenvalue weighted by Gasteiger charge is 2.31. The second kappa shape index (κ2) is 6.09. The quantitative estimate of drug-likeness (QED) is 0.840. The summed E-state index contributed by atoms with van der Waals surface area (Å²) in [6.07, 6.45) is 8.11. The molecule has 0 unspecified atom stereocenters. The highest BCUT2D eigenvalue weighted by atomic mass is 16.3. The van der Waals surface area contributed by atoms with Gasteiger partial charge < -0.3 is 14.6 Å². The molecule has 20 heavy (non-hydrogen) atoms. The van der Waals surface area contributed by atoms with Crippen molar-refractivity contribution in [3.63, 3.8) is 0 Å². The van der Waals surface area contributed by atoms with E-state index in [1.54, 1.807) is 6.26 Å². The van der Waals surface area contributed by atoms with Gasteiger partial charge in [-0.2, -0.15) is 0 Å². The summed E-state index contributed by atoms with van der Waals surface area (Å²) in [4.78, 5) is 6.74. The standard InChI is InChI=1S/C16H21N3O/c1-2-17-10-13-7-8-18-11-16(13)19(14-5-6-14)12-15-4-3-9-20-15/h3-4,7-9,11,14,17H,2,5-6,10,12H2,1H3. The van der Waals surface area contributed by atoms with Crippen molar-refractivity contribution in [2.75, 3.05) is 11.4 Å². The molecule has 0 spiro atoms. The number of rotatable bonds is 7. The molecule has 4 heteroatoms. The lowest BCUT2D eigenvalue weighted by atomic mass is 10.2. The van der Waals surface area contributed by atoms with E-state index in [2.05, 4.69) is 28.2 Å². The number of hydrogen-bond donors (Lipinski definition) is 1. The predicted molar refractivity (Wildman–Crippen MR) is 79.5 cm³/mol. The SMILES string of the molecule is CCNCc1ccncc1N(Cc1ccco1)C1CC1. The Labute approximate surface area is 119 Å². The molecule has 1 aliphatic carbocycles. The zero-order valence-electron chi connectivity index (χ0n) is 11.9. The third kappa shape index (κ3) is 3.02. The number of furan rings is 1. The van der Waals surface area contributed by atoms with Crippen LogP contribution < -0.4 is 10.2 Å². The number of hydrogen-bond acceptors (Lipinski definition) is 4. The molecular formula is C16H21N3O. The van der Waals surface area contributed by atoms with E-state index >= 15 is 0 Å². The molecule has 3 rings (SSSR count). The topological polar surface area (TPSA) is 41.3 Å². The minimum atomic E-state index is 0.629. The van der Waals surface area contributed by atoms with Gasteiger partial charge in [0.05, 0.1) is 24.7 Å². The Morgan fingerprint density at radius 1 is 1.40 bits per heavy atom. The zero-order valence-corrected chi connectivity index (χ0v) is 11.9. The normalized spacial score (nSPS) is 14.4. The minimum Gasteiger partial charge on any atom is -0.467 e. The zero-order chi connectivity index (χ0) is 13.8. The molecule has 0 bridgehead atoms. The van der Waals surface area contributed by atoms with Crippen molar-refractivity contribution in [1.29, 1.82) is 0 Å². The summed E-state index contributed by atoms with van der Waals surface area (Å²) >= 11 is 0. The van der Waals surface area contributed by atoms with Gasteiger partial charge in [0, 0.05) is 18.8 Å². The van der Waals surface area contributed by atoms with Gasteiger partial charge in [-0.15, -0.1) is 0 Å². The van der Waals surface area contributed by atoms with Crippen LogP contribution in [0.4, 0.5) is 5.69 Å². The Bertz CT molecular complexity index is 534. The highest BCUT2D eigenvalue weighted by Crippen LogP contribution is 2.34. The van der Waals surface area contributed by atoms with Crippen LogP contribution in [0.5, 0.6) is 0 Å². The number of anilines is 1. The first-order valence-electron chi connectivity index (χ1n) is 7.31. The van der Waals surface area contributed by atoms with Gasteiger partial charge in [-0.3, -0.25) is 4.98 Å². The fourth-order valence-corrected chi connectivity index (χ4v) is 2.45. The average molecular weight is 271 g/mol. The minimum absolute atomic E-state index is 0.629. The van der Waals surface area contributed by atoms with Crippen LogP contribution >= 0.6 is 0 Å². The molecule has 106 valence electrons. The van der Waals surface area contributed by atoms with Crippen LogP contribution in [0.15, 0.2) is 41.3 Å². The van der Waals surface area contributed by atoms with Crippen LogP contribution in [0.1, 0.15) is 31.1 Å². The van der Waals surface area contributed by atoms with E-state index in [1.165, 1.54) is 24.1 Å². The lowest BCUT2D eigenvalue weighted by Gasteiger charge is -2.26. The van der Waals surface area contributed by atoms with Gasteiger partial charge in [0.1, 0.15) is 5.76 Å². The number of aromatic nitrogens is 1. The van der Waals surface area contributed by atoms with Crippen LogP contribution in [0.3, 0.4) is 0 Å². The molecule has 0 aromatic carbocycles. The molecule has 0 radical (unpaired) electrons. The first kappa shape index (κ1) is 13.2. The molecular weight excluding hydrogens is 250 g/mol. The van der Waals surface area contributed by atoms with Crippen molar-refractivity contribution in [3.05, 3.63) is 48.2 Å². The van der Waals surface area contributed by atoms with E-state index in [9.17, 15) is 0 Å². The van der Waals surface area contributed by atoms with Gasteiger partial charge in [-0.1, -0.05) is 6.92 Å². The second-order valence-corrected chi connectivity index (χ2v) is 5.22. The molecule has 2 heterocycles. The summed E-state index contributed by atoms with van der Waals surface area (Å²) in [5.74, 6) is 1.01. The summed E-state index contributed by atoms with van der Waals surface area (Å²) < 4.78 is 5.51. The van der Waals surface area contributed by atoms with Gasteiger partial charge in [-0.05, 0) is 43.1 Å². The summed E-state index contributed by atoms with van der Waals surface area (Å²) in [6, 6.07) is 6.72. The fraction of sp³-hybridized carbons (Fsp3) is 0.438. The molecule has 1 fully saturated rings. The Morgan fingerprint density at radius 3 is 3.00 bits per heavy atom. The Morgan fingerprint density at radius 2 is 2.30 bits per heavy atom. The Kier molecular flexibility index (Phi) is 4.02. The first-order chi connectivity index (χ1) is 9.88. The molecule has 4 nitrogen and oxygen atoms in total. The third-order valence-electron chi connectivity index (χ3n) is 3.66. The van der Waals surface area contributed by atoms with Crippen LogP contribution in [0, 0.1) is 0 Å². The van der Waals surface area contributed by atoms with Crippen LogP contribution in [-0.2, 0) is 13.1 Å². The summed E-state index contributed by atoms with van der Waals surface area (Å²) in [5.41, 5.74) is 2.53. The molecule has 1 saturated carbocycles. The maximum absolute atomic E-state index is 5.51. The van der Waals surface area contributed by atoms with Gasteiger partial charge in [0.15, 0.2) is 0 Å². The molecule has 1 N–H and O–H groups in total. The van der Waals surface area contributed by atoms with Crippen molar-refractivity contribution in [3.8, 4) is 0 Å². The summed E-state index contributed by atoms with van der Waals surface area (Å²) in [7, 11) is 0. The van der Waals surface area contributed by atoms with Gasteiger partial charge in [0.25, 0.3) is 0 Å². The maximum atomic E-state index is 5.51. The molecule has 0 amide bonds. The molecule has 1 aliphatic rings. The first-order valence-corrected chi connectivity index (χ1v) is 7.31. The van der Waals surface area contributed by atoms with E-state index in [0.717, 1.165) is 25.4 Å². The van der Waals surface area contributed by atoms with Gasteiger partial charge in [0.2, 0.25) is 0 Å². The van der Waals surface area contributed by atoms with Crippen molar-refractivity contribution < 1.29 is 4.42 Å².